The second-order valence-corrected chi connectivity index (χ2v) is 12.3. The molecule has 1 aromatic heterocycles. The van der Waals surface area contributed by atoms with E-state index in [1.165, 1.54) is 0 Å². The minimum atomic E-state index is -5.08. The highest BCUT2D eigenvalue weighted by molar-refractivity contribution is 7.89. The molecular weight excluding hydrogens is 593 g/mol. The number of aliphatic carboxylic acids is 1. The van der Waals surface area contributed by atoms with E-state index in [2.05, 4.69) is 16.4 Å². The molecule has 1 aliphatic heterocycles. The number of carboxylic acids is 1. The summed E-state index contributed by atoms with van der Waals surface area (Å²) in [5.41, 5.74) is 10.7. The molecule has 2 aromatic carbocycles. The Hall–Kier alpha value is -3.50. The molecule has 1 saturated heterocycles. The minimum Gasteiger partial charge on any atom is -0.475 e. The third kappa shape index (κ3) is 8.54. The van der Waals surface area contributed by atoms with Crippen LogP contribution in [0.25, 0.3) is 22.0 Å². The maximum Gasteiger partial charge on any atom is 0.490 e. The van der Waals surface area contributed by atoms with Crippen LogP contribution in [-0.2, 0) is 21.4 Å². The molecule has 1 aliphatic rings. The molecule has 3 aromatic rings. The number of H-pyrrole nitrogens is 1. The lowest BCUT2D eigenvalue weighted by atomic mass is 9.88. The van der Waals surface area contributed by atoms with Gasteiger partial charge < -0.3 is 31.4 Å². The topological polar surface area (TPSA) is 186 Å². The number of hydrogen-bond donors (Lipinski definition) is 6. The van der Waals surface area contributed by atoms with Crippen molar-refractivity contribution in [3.8, 4) is 11.1 Å². The predicted octanol–water partition coefficient (Wildman–Crippen LogP) is 2.54. The Balaban J connectivity index is 0.000000646. The van der Waals surface area contributed by atoms with E-state index in [9.17, 15) is 36.6 Å². The van der Waals surface area contributed by atoms with Crippen molar-refractivity contribution < 1.29 is 46.5 Å². The van der Waals surface area contributed by atoms with Crippen molar-refractivity contribution in [3.05, 3.63) is 59.3 Å². The molecule has 236 valence electrons. The van der Waals surface area contributed by atoms with E-state index >= 15 is 0 Å². The first-order valence-electron chi connectivity index (χ1n) is 13.5. The van der Waals surface area contributed by atoms with Crippen LogP contribution in [0.3, 0.4) is 0 Å². The second kappa shape index (κ2) is 14.3. The Morgan fingerprint density at radius 1 is 1.09 bits per heavy atom. The average molecular weight is 629 g/mol. The molecule has 15 heteroatoms. The van der Waals surface area contributed by atoms with Crippen molar-refractivity contribution in [2.75, 3.05) is 32.1 Å². The molecule has 0 atom stereocenters. The number of nitrogens with one attached hydrogen (secondary N) is 2. The first kappa shape index (κ1) is 34.0. The molecule has 1 fully saturated rings. The van der Waals surface area contributed by atoms with Gasteiger partial charge in [0.2, 0.25) is 10.0 Å². The Bertz CT molecular complexity index is 1510. The first-order chi connectivity index (χ1) is 20.2. The number of aromatic nitrogens is 1. The number of primary amides is 1. The number of sulfonamides is 1. The molecule has 4 rings (SSSR count). The molecule has 2 heterocycles. The number of carbonyl (C=O) groups excluding carboxylic acids is 1. The Kier molecular flexibility index (Phi) is 11.3. The molecule has 0 spiro atoms. The van der Waals surface area contributed by atoms with Crippen LogP contribution in [0, 0.1) is 0 Å². The van der Waals surface area contributed by atoms with Gasteiger partial charge in [0.25, 0.3) is 5.91 Å². The van der Waals surface area contributed by atoms with Crippen LogP contribution in [0.4, 0.5) is 13.2 Å². The van der Waals surface area contributed by atoms with Gasteiger partial charge in [-0.15, -0.1) is 0 Å². The molecule has 0 unspecified atom stereocenters. The van der Waals surface area contributed by atoms with Gasteiger partial charge in [-0.2, -0.15) is 13.2 Å². The number of amides is 1. The zero-order valence-corrected chi connectivity index (χ0v) is 24.2. The second-order valence-electron chi connectivity index (χ2n) is 10.1. The fourth-order valence-corrected chi connectivity index (χ4v) is 5.98. The van der Waals surface area contributed by atoms with Crippen molar-refractivity contribution >= 4 is 32.8 Å². The van der Waals surface area contributed by atoms with Gasteiger partial charge in [-0.3, -0.25) is 4.79 Å². The van der Waals surface area contributed by atoms with Crippen LogP contribution < -0.4 is 11.1 Å². The minimum absolute atomic E-state index is 0.106. The number of carbonyl (C=O) groups is 2. The van der Waals surface area contributed by atoms with Crippen LogP contribution in [-0.4, -0.2) is 89.2 Å². The summed E-state index contributed by atoms with van der Waals surface area (Å²) >= 11 is 0. The van der Waals surface area contributed by atoms with E-state index in [0.29, 0.717) is 43.6 Å². The van der Waals surface area contributed by atoms with Gasteiger partial charge in [0.05, 0.1) is 36.1 Å². The molecule has 1 amide bonds. The predicted molar refractivity (Wildman–Crippen MR) is 154 cm³/mol. The largest absolute Gasteiger partial charge is 0.490 e. The van der Waals surface area contributed by atoms with E-state index < -0.39 is 28.1 Å². The molecular formula is C28H35F3N4O7S. The molecule has 0 bridgehead atoms. The number of fused-ring (bicyclic) bond motifs is 1. The maximum atomic E-state index is 12.3. The van der Waals surface area contributed by atoms with Gasteiger partial charge in [0.1, 0.15) is 0 Å². The summed E-state index contributed by atoms with van der Waals surface area (Å²) < 4.78 is 57.8. The summed E-state index contributed by atoms with van der Waals surface area (Å²) in [4.78, 5) is 24.4. The van der Waals surface area contributed by atoms with Gasteiger partial charge >= 0.3 is 12.1 Å². The Labute approximate surface area is 246 Å². The number of halogens is 3. The third-order valence-corrected chi connectivity index (χ3v) is 9.19. The van der Waals surface area contributed by atoms with E-state index in [4.69, 9.17) is 15.6 Å². The molecule has 11 nitrogen and oxygen atoms in total. The summed E-state index contributed by atoms with van der Waals surface area (Å²) in [6, 6.07) is 11.3. The first-order valence-corrected chi connectivity index (χ1v) is 15.1. The number of nitrogens with two attached hydrogens (primary N) is 1. The number of rotatable bonds is 10. The summed E-state index contributed by atoms with van der Waals surface area (Å²) in [5.74, 6) is -2.99. The third-order valence-electron chi connectivity index (χ3n) is 7.30. The van der Waals surface area contributed by atoms with E-state index in [0.717, 1.165) is 27.6 Å². The summed E-state index contributed by atoms with van der Waals surface area (Å²) in [6.45, 7) is 2.86. The standard InChI is InChI=1S/C26H34N4O5S.C2HF3O2/c1-2-36(34,35)30-9-7-19(8-10-30)24-14-29-25-22(24)11-20(12-23(25)26(27)33)18-5-3-17(4-6-18)13-28-21(15-31)16-32;3-2(4,5)1(6)7/h3-6,11-12,14,19,21,28-29,31-32H,2,7-10,13,15-16H2,1H3,(H2,27,33);(H,6,7). The zero-order valence-electron chi connectivity index (χ0n) is 23.4. The monoisotopic (exact) mass is 628 g/mol. The molecule has 43 heavy (non-hydrogen) atoms. The van der Waals surface area contributed by atoms with Gasteiger partial charge in [-0.1, -0.05) is 24.3 Å². The van der Waals surface area contributed by atoms with Crippen molar-refractivity contribution in [2.24, 2.45) is 5.73 Å². The fourth-order valence-electron chi connectivity index (χ4n) is 4.84. The number of piperidine rings is 1. The van der Waals surface area contributed by atoms with E-state index in [1.807, 2.05) is 30.5 Å². The highest BCUT2D eigenvalue weighted by Crippen LogP contribution is 2.37. The number of benzene rings is 2. The van der Waals surface area contributed by atoms with Crippen LogP contribution in [0.15, 0.2) is 42.6 Å². The smallest absolute Gasteiger partial charge is 0.475 e. The van der Waals surface area contributed by atoms with Gasteiger partial charge in [-0.05, 0) is 60.1 Å². The van der Waals surface area contributed by atoms with E-state index in [1.54, 1.807) is 17.3 Å². The molecule has 0 aliphatic carbocycles. The summed E-state index contributed by atoms with van der Waals surface area (Å²) in [7, 11) is -3.20. The molecule has 0 saturated carbocycles. The van der Waals surface area contributed by atoms with Crippen LogP contribution in [0.1, 0.15) is 47.2 Å². The number of carboxylic acid groups (broad SMARTS) is 1. The van der Waals surface area contributed by atoms with Crippen molar-refractivity contribution in [1.29, 1.82) is 0 Å². The lowest BCUT2D eigenvalue weighted by Crippen LogP contribution is -2.38. The van der Waals surface area contributed by atoms with Crippen molar-refractivity contribution in [3.63, 3.8) is 0 Å². The number of nitrogens with zero attached hydrogens (tertiary/aromatic N) is 1. The quantitative estimate of drug-likeness (QED) is 0.198. The van der Waals surface area contributed by atoms with Gasteiger partial charge in [0, 0.05) is 31.2 Å². The molecule has 0 radical (unpaired) electrons. The summed E-state index contributed by atoms with van der Waals surface area (Å²) in [5, 5.41) is 29.6. The van der Waals surface area contributed by atoms with Crippen LogP contribution in [0.2, 0.25) is 0 Å². The maximum absolute atomic E-state index is 12.3. The van der Waals surface area contributed by atoms with Crippen molar-refractivity contribution in [2.45, 2.75) is 44.4 Å². The van der Waals surface area contributed by atoms with E-state index in [-0.39, 0.29) is 30.9 Å². The highest BCUT2D eigenvalue weighted by atomic mass is 32.2. The number of hydrogen-bond acceptors (Lipinski definition) is 7. The number of alkyl halides is 3. The summed E-state index contributed by atoms with van der Waals surface area (Å²) in [6.07, 6.45) is -1.73. The SMILES string of the molecule is CCS(=O)(=O)N1CCC(c2c[nH]c3c(C(N)=O)cc(-c4ccc(CNC(CO)CO)cc4)cc23)CC1.O=C(O)C(F)(F)F. The number of aliphatic hydroxyl groups is 2. The van der Waals surface area contributed by atoms with Crippen LogP contribution >= 0.6 is 0 Å². The molecule has 7 N–H and O–H groups in total. The lowest BCUT2D eigenvalue weighted by molar-refractivity contribution is -0.192. The Morgan fingerprint density at radius 2 is 1.67 bits per heavy atom. The normalized spacial score (nSPS) is 15.0. The number of aliphatic hydroxyl groups excluding tert-OH is 2. The Morgan fingerprint density at radius 3 is 2.16 bits per heavy atom. The highest BCUT2D eigenvalue weighted by Gasteiger charge is 2.38. The average Bonchev–Trinajstić information content (AvgIpc) is 3.41. The van der Waals surface area contributed by atoms with Crippen LogP contribution in [0.5, 0.6) is 0 Å². The van der Waals surface area contributed by atoms with Gasteiger partial charge in [-0.25, -0.2) is 17.5 Å². The van der Waals surface area contributed by atoms with Crippen molar-refractivity contribution in [1.82, 2.24) is 14.6 Å². The number of aromatic amines is 1. The van der Waals surface area contributed by atoms with Gasteiger partial charge in [0.15, 0.2) is 0 Å². The fraction of sp³-hybridized carbons (Fsp3) is 0.429. The lowest BCUT2D eigenvalue weighted by Gasteiger charge is -2.31. The zero-order chi connectivity index (χ0) is 31.9.